The van der Waals surface area contributed by atoms with E-state index in [1.54, 1.807) is 0 Å². The molecule has 0 bridgehead atoms. The zero-order valence-corrected chi connectivity index (χ0v) is 14.0. The van der Waals surface area contributed by atoms with Gasteiger partial charge in [0, 0.05) is 10.5 Å². The predicted molar refractivity (Wildman–Crippen MR) is 88.3 cm³/mol. The van der Waals surface area contributed by atoms with Crippen LogP contribution in [0.25, 0.3) is 11.0 Å². The van der Waals surface area contributed by atoms with E-state index < -0.39 is 0 Å². The van der Waals surface area contributed by atoms with Crippen LogP contribution in [-0.4, -0.2) is 9.55 Å². The number of alkyl halides is 1. The SMILES string of the molecule is ClCc1nc2cc(Br)ccc2n1C1CCCCCCC1. The average Bonchev–Trinajstić information content (AvgIpc) is 2.76. The summed E-state index contributed by atoms with van der Waals surface area (Å²) < 4.78 is 3.48. The average molecular weight is 356 g/mol. The van der Waals surface area contributed by atoms with Gasteiger partial charge >= 0.3 is 0 Å². The summed E-state index contributed by atoms with van der Waals surface area (Å²) in [5, 5.41) is 0. The van der Waals surface area contributed by atoms with Gasteiger partial charge in [-0.05, 0) is 31.0 Å². The first-order chi connectivity index (χ1) is 9.79. The number of fused-ring (bicyclic) bond motifs is 1. The van der Waals surface area contributed by atoms with Crippen molar-refractivity contribution < 1.29 is 0 Å². The minimum absolute atomic E-state index is 0.489. The molecule has 0 saturated heterocycles. The van der Waals surface area contributed by atoms with Crippen LogP contribution < -0.4 is 0 Å². The minimum atomic E-state index is 0.489. The van der Waals surface area contributed by atoms with Gasteiger partial charge in [-0.3, -0.25) is 0 Å². The van der Waals surface area contributed by atoms with E-state index in [1.807, 2.05) is 0 Å². The molecule has 0 aliphatic heterocycles. The van der Waals surface area contributed by atoms with Gasteiger partial charge in [0.25, 0.3) is 0 Å². The molecule has 4 heteroatoms. The van der Waals surface area contributed by atoms with Gasteiger partial charge in [0.2, 0.25) is 0 Å². The summed E-state index contributed by atoms with van der Waals surface area (Å²) in [4.78, 5) is 4.72. The van der Waals surface area contributed by atoms with Crippen LogP contribution in [0, 0.1) is 0 Å². The Balaban J connectivity index is 2.03. The van der Waals surface area contributed by atoms with Gasteiger partial charge in [-0.25, -0.2) is 4.98 Å². The number of rotatable bonds is 2. The van der Waals surface area contributed by atoms with Crippen molar-refractivity contribution >= 4 is 38.6 Å². The molecule has 108 valence electrons. The van der Waals surface area contributed by atoms with E-state index in [9.17, 15) is 0 Å². The fourth-order valence-corrected chi connectivity index (χ4v) is 3.85. The molecule has 1 aliphatic carbocycles. The molecule has 0 unspecified atom stereocenters. The van der Waals surface area contributed by atoms with E-state index in [-0.39, 0.29) is 0 Å². The first-order valence-electron chi connectivity index (χ1n) is 7.52. The van der Waals surface area contributed by atoms with Crippen LogP contribution in [0.5, 0.6) is 0 Å². The molecule has 0 amide bonds. The molecular weight excluding hydrogens is 336 g/mol. The van der Waals surface area contributed by atoms with E-state index in [2.05, 4.69) is 38.7 Å². The Labute approximate surface area is 133 Å². The Morgan fingerprint density at radius 2 is 1.85 bits per heavy atom. The van der Waals surface area contributed by atoms with E-state index in [0.717, 1.165) is 15.8 Å². The Hall–Kier alpha value is -0.540. The zero-order chi connectivity index (χ0) is 13.9. The van der Waals surface area contributed by atoms with Crippen LogP contribution in [0.15, 0.2) is 22.7 Å². The molecule has 1 aromatic carbocycles. The largest absolute Gasteiger partial charge is 0.324 e. The van der Waals surface area contributed by atoms with Gasteiger partial charge < -0.3 is 4.57 Å². The molecule has 1 fully saturated rings. The second-order valence-corrected chi connectivity index (χ2v) is 6.85. The summed E-state index contributed by atoms with van der Waals surface area (Å²) in [5.41, 5.74) is 2.28. The minimum Gasteiger partial charge on any atom is -0.324 e. The van der Waals surface area contributed by atoms with Crippen molar-refractivity contribution in [2.45, 2.75) is 56.9 Å². The lowest BCUT2D eigenvalue weighted by Crippen LogP contribution is -2.13. The normalized spacial score (nSPS) is 18.1. The van der Waals surface area contributed by atoms with Gasteiger partial charge in [-0.15, -0.1) is 11.6 Å². The molecule has 3 rings (SSSR count). The van der Waals surface area contributed by atoms with E-state index in [4.69, 9.17) is 16.6 Å². The Morgan fingerprint density at radius 1 is 1.15 bits per heavy atom. The van der Waals surface area contributed by atoms with Crippen LogP contribution in [0.1, 0.15) is 56.8 Å². The Morgan fingerprint density at radius 3 is 2.55 bits per heavy atom. The molecule has 2 nitrogen and oxygen atoms in total. The third-order valence-corrected chi connectivity index (χ3v) is 5.02. The number of hydrogen-bond acceptors (Lipinski definition) is 1. The van der Waals surface area contributed by atoms with Crippen molar-refractivity contribution in [1.29, 1.82) is 0 Å². The molecule has 1 heterocycles. The van der Waals surface area contributed by atoms with Crippen LogP contribution in [0.3, 0.4) is 0 Å². The summed E-state index contributed by atoms with van der Waals surface area (Å²) in [6.07, 6.45) is 9.28. The number of halogens is 2. The van der Waals surface area contributed by atoms with Crippen LogP contribution >= 0.6 is 27.5 Å². The molecule has 20 heavy (non-hydrogen) atoms. The number of aromatic nitrogens is 2. The topological polar surface area (TPSA) is 17.8 Å². The number of imidazole rings is 1. The summed E-state index contributed by atoms with van der Waals surface area (Å²) in [7, 11) is 0. The Bertz CT molecular complexity index is 585. The highest BCUT2D eigenvalue weighted by molar-refractivity contribution is 9.10. The van der Waals surface area contributed by atoms with Crippen LogP contribution in [0.4, 0.5) is 0 Å². The third kappa shape index (κ3) is 2.89. The summed E-state index contributed by atoms with van der Waals surface area (Å²) >= 11 is 9.67. The molecule has 1 aromatic heterocycles. The highest BCUT2D eigenvalue weighted by atomic mass is 79.9. The standard InChI is InChI=1S/C16H20BrClN2/c17-12-8-9-15-14(10-12)19-16(11-18)20(15)13-6-4-2-1-3-5-7-13/h8-10,13H,1-7,11H2. The van der Waals surface area contributed by atoms with Gasteiger partial charge in [0.1, 0.15) is 5.82 Å². The lowest BCUT2D eigenvalue weighted by Gasteiger charge is -2.23. The maximum absolute atomic E-state index is 6.14. The van der Waals surface area contributed by atoms with Crippen molar-refractivity contribution in [3.63, 3.8) is 0 Å². The zero-order valence-electron chi connectivity index (χ0n) is 11.6. The van der Waals surface area contributed by atoms with Crippen molar-refractivity contribution in [3.8, 4) is 0 Å². The lowest BCUT2D eigenvalue weighted by atomic mass is 9.96. The maximum atomic E-state index is 6.14. The Kier molecular flexibility index (Phi) is 4.67. The summed E-state index contributed by atoms with van der Waals surface area (Å²) in [5.74, 6) is 1.51. The first kappa shape index (κ1) is 14.4. The predicted octanol–water partition coefficient (Wildman–Crippen LogP) is 5.82. The smallest absolute Gasteiger partial charge is 0.125 e. The quantitative estimate of drug-likeness (QED) is 0.620. The van der Waals surface area contributed by atoms with E-state index in [0.29, 0.717) is 11.9 Å². The monoisotopic (exact) mass is 354 g/mol. The fourth-order valence-electron chi connectivity index (χ4n) is 3.32. The molecule has 0 radical (unpaired) electrons. The van der Waals surface area contributed by atoms with Crippen LogP contribution in [0.2, 0.25) is 0 Å². The molecule has 0 atom stereocenters. The van der Waals surface area contributed by atoms with E-state index in [1.165, 1.54) is 50.5 Å². The fraction of sp³-hybridized carbons (Fsp3) is 0.562. The summed E-state index contributed by atoms with van der Waals surface area (Å²) in [6.45, 7) is 0. The van der Waals surface area contributed by atoms with Crippen molar-refractivity contribution in [1.82, 2.24) is 9.55 Å². The van der Waals surface area contributed by atoms with Gasteiger partial charge in [0.15, 0.2) is 0 Å². The molecule has 0 N–H and O–H groups in total. The number of benzene rings is 1. The molecule has 1 aliphatic rings. The van der Waals surface area contributed by atoms with Gasteiger partial charge in [0.05, 0.1) is 16.9 Å². The maximum Gasteiger partial charge on any atom is 0.125 e. The van der Waals surface area contributed by atoms with Crippen molar-refractivity contribution in [2.75, 3.05) is 0 Å². The number of hydrogen-bond donors (Lipinski definition) is 0. The first-order valence-corrected chi connectivity index (χ1v) is 8.84. The van der Waals surface area contributed by atoms with Crippen molar-refractivity contribution in [2.24, 2.45) is 0 Å². The molecule has 2 aromatic rings. The highest BCUT2D eigenvalue weighted by Gasteiger charge is 2.19. The second kappa shape index (κ2) is 6.48. The van der Waals surface area contributed by atoms with E-state index >= 15 is 0 Å². The van der Waals surface area contributed by atoms with Crippen LogP contribution in [-0.2, 0) is 5.88 Å². The third-order valence-electron chi connectivity index (χ3n) is 4.28. The van der Waals surface area contributed by atoms with Crippen molar-refractivity contribution in [3.05, 3.63) is 28.5 Å². The number of nitrogens with zero attached hydrogens (tertiary/aromatic N) is 2. The van der Waals surface area contributed by atoms with Gasteiger partial charge in [-0.2, -0.15) is 0 Å². The molecular formula is C16H20BrClN2. The summed E-state index contributed by atoms with van der Waals surface area (Å²) in [6, 6.07) is 6.92. The lowest BCUT2D eigenvalue weighted by molar-refractivity contribution is 0.373. The molecule has 1 saturated carbocycles. The second-order valence-electron chi connectivity index (χ2n) is 5.66. The van der Waals surface area contributed by atoms with Gasteiger partial charge in [-0.1, -0.05) is 48.0 Å². The highest BCUT2D eigenvalue weighted by Crippen LogP contribution is 2.32. The molecule has 0 spiro atoms.